The molecule has 17 heavy (non-hydrogen) atoms. The van der Waals surface area contributed by atoms with Crippen LogP contribution in [0.15, 0.2) is 40.4 Å². The van der Waals surface area contributed by atoms with Crippen molar-refractivity contribution in [2.24, 2.45) is 0 Å². The fraction of sp³-hybridized carbons (Fsp3) is 0.400. The van der Waals surface area contributed by atoms with Gasteiger partial charge in [0.2, 0.25) is 0 Å². The van der Waals surface area contributed by atoms with Gasteiger partial charge in [-0.2, -0.15) is 0 Å². The van der Waals surface area contributed by atoms with Crippen LogP contribution in [0.1, 0.15) is 37.7 Å². The van der Waals surface area contributed by atoms with Crippen molar-refractivity contribution in [3.8, 4) is 0 Å². The average Bonchev–Trinajstić information content (AvgIpc) is 2.77. The lowest BCUT2D eigenvalue weighted by Crippen LogP contribution is -1.95. The number of carbonyl (C=O) groups excluding carboxylic acids is 1. The standard InChI is InChI=1S/C15H17BrO/c16-14(13-9-5-11-15(13)17)10-4-8-12-6-2-1-3-7-12/h1-3,6-7H,4-5,8-11H2/b14-13+. The smallest absolute Gasteiger partial charge is 0.159 e. The average molecular weight is 293 g/mol. The van der Waals surface area contributed by atoms with E-state index in [1.54, 1.807) is 0 Å². The number of Topliss-reactive ketones (excluding diaryl/α,β-unsaturated/α-hetero) is 1. The summed E-state index contributed by atoms with van der Waals surface area (Å²) in [5, 5.41) is 0. The summed E-state index contributed by atoms with van der Waals surface area (Å²) in [5.41, 5.74) is 2.41. The second-order valence-electron chi connectivity index (χ2n) is 4.50. The molecule has 1 fully saturated rings. The van der Waals surface area contributed by atoms with Crippen molar-refractivity contribution in [3.63, 3.8) is 0 Å². The minimum Gasteiger partial charge on any atom is -0.295 e. The quantitative estimate of drug-likeness (QED) is 0.751. The molecule has 1 aliphatic rings. The number of hydrogen-bond donors (Lipinski definition) is 0. The molecule has 1 nitrogen and oxygen atoms in total. The van der Waals surface area contributed by atoms with Crippen molar-refractivity contribution >= 4 is 21.7 Å². The molecule has 1 aromatic rings. The Balaban J connectivity index is 1.85. The van der Waals surface area contributed by atoms with Crippen molar-refractivity contribution < 1.29 is 4.79 Å². The van der Waals surface area contributed by atoms with E-state index < -0.39 is 0 Å². The van der Waals surface area contributed by atoms with Gasteiger partial charge in [0.1, 0.15) is 0 Å². The molecule has 2 rings (SSSR count). The van der Waals surface area contributed by atoms with Crippen LogP contribution in [0.2, 0.25) is 0 Å². The lowest BCUT2D eigenvalue weighted by molar-refractivity contribution is -0.114. The zero-order valence-corrected chi connectivity index (χ0v) is 11.5. The van der Waals surface area contributed by atoms with E-state index in [2.05, 4.69) is 40.2 Å². The molecule has 0 radical (unpaired) electrons. The molecule has 0 N–H and O–H groups in total. The van der Waals surface area contributed by atoms with Gasteiger partial charge >= 0.3 is 0 Å². The van der Waals surface area contributed by atoms with E-state index in [0.29, 0.717) is 5.78 Å². The first kappa shape index (κ1) is 12.6. The van der Waals surface area contributed by atoms with Crippen LogP contribution in [0.25, 0.3) is 0 Å². The van der Waals surface area contributed by atoms with Crippen molar-refractivity contribution in [2.45, 2.75) is 38.5 Å². The van der Waals surface area contributed by atoms with Crippen molar-refractivity contribution in [2.75, 3.05) is 0 Å². The van der Waals surface area contributed by atoms with Crippen LogP contribution >= 0.6 is 15.9 Å². The topological polar surface area (TPSA) is 17.1 Å². The molecule has 0 aliphatic heterocycles. The molecule has 0 heterocycles. The summed E-state index contributed by atoms with van der Waals surface area (Å²) in [4.78, 5) is 11.6. The van der Waals surface area contributed by atoms with Gasteiger partial charge in [-0.25, -0.2) is 0 Å². The van der Waals surface area contributed by atoms with Crippen LogP contribution < -0.4 is 0 Å². The van der Waals surface area contributed by atoms with Crippen LogP contribution in [-0.2, 0) is 11.2 Å². The minimum atomic E-state index is 0.344. The third-order valence-corrected chi connectivity index (χ3v) is 4.07. The number of rotatable bonds is 4. The first-order valence-corrected chi connectivity index (χ1v) is 7.01. The molecule has 0 amide bonds. The second kappa shape index (κ2) is 6.15. The molecule has 1 aliphatic carbocycles. The Morgan fingerprint density at radius 1 is 1.18 bits per heavy atom. The molecule has 0 saturated heterocycles. The summed E-state index contributed by atoms with van der Waals surface area (Å²) < 4.78 is 1.14. The number of carbonyl (C=O) groups is 1. The van der Waals surface area contributed by atoms with E-state index in [1.165, 1.54) is 5.56 Å². The number of benzene rings is 1. The molecular weight excluding hydrogens is 276 g/mol. The summed E-state index contributed by atoms with van der Waals surface area (Å²) in [5.74, 6) is 0.344. The van der Waals surface area contributed by atoms with Crippen LogP contribution in [0.5, 0.6) is 0 Å². The van der Waals surface area contributed by atoms with Crippen molar-refractivity contribution in [1.29, 1.82) is 0 Å². The SMILES string of the molecule is O=C1CCC/C1=C(\Br)CCCc1ccccc1. The van der Waals surface area contributed by atoms with Crippen molar-refractivity contribution in [1.82, 2.24) is 0 Å². The second-order valence-corrected chi connectivity index (χ2v) is 5.46. The van der Waals surface area contributed by atoms with E-state index in [9.17, 15) is 4.79 Å². The summed E-state index contributed by atoms with van der Waals surface area (Å²) in [6.45, 7) is 0. The Kier molecular flexibility index (Phi) is 4.55. The van der Waals surface area contributed by atoms with E-state index in [1.807, 2.05) is 6.07 Å². The highest BCUT2D eigenvalue weighted by atomic mass is 79.9. The van der Waals surface area contributed by atoms with Gasteiger partial charge in [-0.3, -0.25) is 4.79 Å². The maximum absolute atomic E-state index is 11.6. The normalized spacial score (nSPS) is 18.5. The zero-order valence-electron chi connectivity index (χ0n) is 9.92. The number of allylic oxidation sites excluding steroid dienone is 2. The first-order chi connectivity index (χ1) is 8.27. The number of aryl methyl sites for hydroxylation is 1. The molecule has 2 heteroatoms. The Hall–Kier alpha value is -0.890. The van der Waals surface area contributed by atoms with Crippen LogP contribution in [0.3, 0.4) is 0 Å². The number of halogens is 1. The van der Waals surface area contributed by atoms with Gasteiger partial charge in [0.25, 0.3) is 0 Å². The van der Waals surface area contributed by atoms with E-state index in [0.717, 1.165) is 48.6 Å². The van der Waals surface area contributed by atoms with Gasteiger partial charge in [0.15, 0.2) is 5.78 Å². The molecule has 0 spiro atoms. The maximum atomic E-state index is 11.6. The van der Waals surface area contributed by atoms with Gasteiger partial charge in [-0.15, -0.1) is 0 Å². The van der Waals surface area contributed by atoms with E-state index in [-0.39, 0.29) is 0 Å². The largest absolute Gasteiger partial charge is 0.295 e. The molecular formula is C15H17BrO. The Bertz CT molecular complexity index is 420. The Labute approximate surface area is 111 Å². The third kappa shape index (κ3) is 3.53. The molecule has 0 aromatic heterocycles. The highest BCUT2D eigenvalue weighted by Crippen LogP contribution is 2.29. The van der Waals surface area contributed by atoms with E-state index >= 15 is 0 Å². The predicted octanol–water partition coefficient (Wildman–Crippen LogP) is 4.41. The summed E-state index contributed by atoms with van der Waals surface area (Å²) in [7, 11) is 0. The van der Waals surface area contributed by atoms with Gasteiger partial charge in [-0.1, -0.05) is 46.3 Å². The summed E-state index contributed by atoms with van der Waals surface area (Å²) in [6.07, 6.45) is 5.89. The zero-order chi connectivity index (χ0) is 12.1. The van der Waals surface area contributed by atoms with Gasteiger partial charge in [0.05, 0.1) is 0 Å². The molecule has 0 atom stereocenters. The lowest BCUT2D eigenvalue weighted by atomic mass is 10.1. The highest BCUT2D eigenvalue weighted by molar-refractivity contribution is 9.11. The summed E-state index contributed by atoms with van der Waals surface area (Å²) >= 11 is 3.58. The highest BCUT2D eigenvalue weighted by Gasteiger charge is 2.19. The fourth-order valence-corrected chi connectivity index (χ4v) is 2.95. The minimum absolute atomic E-state index is 0.344. The molecule has 1 saturated carbocycles. The van der Waals surface area contributed by atoms with Crippen LogP contribution in [0.4, 0.5) is 0 Å². The van der Waals surface area contributed by atoms with Crippen molar-refractivity contribution in [3.05, 3.63) is 46.0 Å². The Morgan fingerprint density at radius 2 is 1.94 bits per heavy atom. The molecule has 0 unspecified atom stereocenters. The van der Waals surface area contributed by atoms with E-state index in [4.69, 9.17) is 0 Å². The molecule has 90 valence electrons. The van der Waals surface area contributed by atoms with Gasteiger partial charge in [0, 0.05) is 16.5 Å². The fourth-order valence-electron chi connectivity index (χ4n) is 2.25. The van der Waals surface area contributed by atoms with Crippen LogP contribution in [0, 0.1) is 0 Å². The predicted molar refractivity (Wildman–Crippen MR) is 74.2 cm³/mol. The van der Waals surface area contributed by atoms with Gasteiger partial charge in [-0.05, 0) is 37.7 Å². The monoisotopic (exact) mass is 292 g/mol. The Morgan fingerprint density at radius 3 is 2.59 bits per heavy atom. The maximum Gasteiger partial charge on any atom is 0.159 e. The lowest BCUT2D eigenvalue weighted by Gasteiger charge is -2.04. The molecule has 1 aromatic carbocycles. The van der Waals surface area contributed by atoms with Crippen LogP contribution in [-0.4, -0.2) is 5.78 Å². The first-order valence-electron chi connectivity index (χ1n) is 6.22. The number of ketones is 1. The van der Waals surface area contributed by atoms with Gasteiger partial charge < -0.3 is 0 Å². The summed E-state index contributed by atoms with van der Waals surface area (Å²) in [6, 6.07) is 10.5. The molecule has 0 bridgehead atoms. The third-order valence-electron chi connectivity index (χ3n) is 3.20. The number of hydrogen-bond acceptors (Lipinski definition) is 1.